The van der Waals surface area contributed by atoms with Crippen LogP contribution >= 0.6 is 0 Å². The second-order valence-electron chi connectivity index (χ2n) is 10.1. The molecule has 4 N–H and O–H groups in total. The standard InChI is InChI=1S/C28H27F4N3O5/c1-26(37,13-34-25(36)16-5-10-20(21(11-16)38-2)40-18-8-9-18)22-12-19-24(39-14-27(19,33)28(30,31)32)23(35-22)15-3-6-17(29)7-4-15/h3-7,10-12,18,37H,8-9,13-14,33H2,1-2H3,(H,34,36)/t26?,27-/m0/s1. The SMILES string of the molecule is COc1cc(C(=O)NCC(C)(O)c2cc3c(c(-c4ccc(F)cc4)n2)OC[C@@]3(N)C(F)(F)F)ccc1OC1CC1. The van der Waals surface area contributed by atoms with E-state index in [1.54, 1.807) is 6.07 Å². The maximum atomic E-state index is 14.0. The molecule has 2 heterocycles. The van der Waals surface area contributed by atoms with E-state index in [9.17, 15) is 27.5 Å². The molecular formula is C28H27F4N3O5. The Balaban J connectivity index is 1.45. The third-order valence-corrected chi connectivity index (χ3v) is 6.91. The van der Waals surface area contributed by atoms with Crippen LogP contribution in [0.1, 0.15) is 41.4 Å². The van der Waals surface area contributed by atoms with Crippen molar-refractivity contribution < 1.29 is 41.7 Å². The lowest BCUT2D eigenvalue weighted by atomic mass is 9.88. The average Bonchev–Trinajstić information content (AvgIpc) is 3.67. The molecule has 1 aliphatic carbocycles. The normalized spacial score (nSPS) is 19.8. The number of carbonyl (C=O) groups is 1. The number of fused-ring (bicyclic) bond motifs is 1. The Kier molecular flexibility index (Phi) is 6.87. The number of alkyl halides is 3. The van der Waals surface area contributed by atoms with Gasteiger partial charge in [0.1, 0.15) is 23.7 Å². The van der Waals surface area contributed by atoms with Crippen LogP contribution in [0.15, 0.2) is 48.5 Å². The topological polar surface area (TPSA) is 116 Å². The van der Waals surface area contributed by atoms with Crippen LogP contribution in [0.25, 0.3) is 11.3 Å². The number of pyridine rings is 1. The van der Waals surface area contributed by atoms with E-state index in [4.69, 9.17) is 19.9 Å². The van der Waals surface area contributed by atoms with Crippen LogP contribution in [0.2, 0.25) is 0 Å². The van der Waals surface area contributed by atoms with Crippen molar-refractivity contribution in [3.63, 3.8) is 0 Å². The summed E-state index contributed by atoms with van der Waals surface area (Å²) in [5.41, 5.74) is 0.796. The summed E-state index contributed by atoms with van der Waals surface area (Å²) >= 11 is 0. The number of halogens is 4. The third kappa shape index (κ3) is 5.16. The Labute approximate surface area is 227 Å². The van der Waals surface area contributed by atoms with E-state index in [0.29, 0.717) is 11.5 Å². The molecule has 2 atom stereocenters. The van der Waals surface area contributed by atoms with Gasteiger partial charge in [-0.1, -0.05) is 0 Å². The largest absolute Gasteiger partial charge is 0.493 e. The quantitative estimate of drug-likeness (QED) is 0.354. The fourth-order valence-corrected chi connectivity index (χ4v) is 4.31. The Morgan fingerprint density at radius 3 is 2.50 bits per heavy atom. The molecular weight excluding hydrogens is 534 g/mol. The van der Waals surface area contributed by atoms with Crippen molar-refractivity contribution in [2.45, 2.75) is 43.2 Å². The van der Waals surface area contributed by atoms with Crippen LogP contribution < -0.4 is 25.3 Å². The minimum absolute atomic E-state index is 0.0494. The van der Waals surface area contributed by atoms with E-state index in [2.05, 4.69) is 10.3 Å². The molecule has 212 valence electrons. The third-order valence-electron chi connectivity index (χ3n) is 6.91. The first kappa shape index (κ1) is 27.7. The lowest BCUT2D eigenvalue weighted by Gasteiger charge is -2.28. The Morgan fingerprint density at radius 1 is 1.18 bits per heavy atom. The highest BCUT2D eigenvalue weighted by molar-refractivity contribution is 5.95. The molecule has 0 saturated heterocycles. The van der Waals surface area contributed by atoms with Crippen molar-refractivity contribution in [3.8, 4) is 28.5 Å². The molecule has 12 heteroatoms. The molecule has 40 heavy (non-hydrogen) atoms. The van der Waals surface area contributed by atoms with Gasteiger partial charge in [0.25, 0.3) is 5.91 Å². The van der Waals surface area contributed by atoms with Crippen LogP contribution in [0.3, 0.4) is 0 Å². The van der Waals surface area contributed by atoms with Crippen LogP contribution in [-0.2, 0) is 11.1 Å². The van der Waals surface area contributed by atoms with Gasteiger partial charge >= 0.3 is 6.18 Å². The minimum atomic E-state index is -4.88. The van der Waals surface area contributed by atoms with Crippen molar-refractivity contribution in [2.24, 2.45) is 5.73 Å². The molecule has 1 amide bonds. The molecule has 1 unspecified atom stereocenters. The highest BCUT2D eigenvalue weighted by Crippen LogP contribution is 2.49. The maximum Gasteiger partial charge on any atom is 0.414 e. The summed E-state index contributed by atoms with van der Waals surface area (Å²) < 4.78 is 72.1. The lowest BCUT2D eigenvalue weighted by Crippen LogP contribution is -2.52. The number of hydrogen-bond acceptors (Lipinski definition) is 7. The number of hydrogen-bond donors (Lipinski definition) is 3. The predicted molar refractivity (Wildman–Crippen MR) is 136 cm³/mol. The molecule has 1 aliphatic heterocycles. The summed E-state index contributed by atoms with van der Waals surface area (Å²) in [6, 6.07) is 10.6. The average molecular weight is 562 g/mol. The van der Waals surface area contributed by atoms with Gasteiger partial charge < -0.3 is 30.4 Å². The summed E-state index contributed by atoms with van der Waals surface area (Å²) in [7, 11) is 1.45. The van der Waals surface area contributed by atoms with Crippen LogP contribution in [0.5, 0.6) is 17.2 Å². The fourth-order valence-electron chi connectivity index (χ4n) is 4.31. The summed E-state index contributed by atoms with van der Waals surface area (Å²) in [5.74, 6) is -0.471. The number of benzene rings is 2. The number of ether oxygens (including phenoxy) is 3. The van der Waals surface area contributed by atoms with E-state index in [1.165, 1.54) is 38.3 Å². The number of rotatable bonds is 8. The first-order valence-electron chi connectivity index (χ1n) is 12.5. The van der Waals surface area contributed by atoms with Gasteiger partial charge in [-0.3, -0.25) is 4.79 Å². The molecule has 1 aromatic heterocycles. The van der Waals surface area contributed by atoms with Gasteiger partial charge in [0.2, 0.25) is 0 Å². The highest BCUT2D eigenvalue weighted by Gasteiger charge is 2.59. The number of aromatic nitrogens is 1. The number of nitrogens with one attached hydrogen (secondary N) is 1. The van der Waals surface area contributed by atoms with E-state index < -0.39 is 47.8 Å². The molecule has 8 nitrogen and oxygen atoms in total. The van der Waals surface area contributed by atoms with E-state index in [-0.39, 0.29) is 34.4 Å². The molecule has 0 bridgehead atoms. The smallest absolute Gasteiger partial charge is 0.414 e. The first-order valence-corrected chi connectivity index (χ1v) is 12.5. The number of methoxy groups -OCH3 is 1. The zero-order valence-corrected chi connectivity index (χ0v) is 21.6. The second-order valence-corrected chi connectivity index (χ2v) is 10.1. The maximum absolute atomic E-state index is 14.0. The zero-order valence-electron chi connectivity index (χ0n) is 21.6. The zero-order chi connectivity index (χ0) is 28.9. The van der Waals surface area contributed by atoms with Crippen LogP contribution in [0, 0.1) is 5.82 Å². The first-order chi connectivity index (χ1) is 18.8. The van der Waals surface area contributed by atoms with Crippen molar-refractivity contribution in [1.82, 2.24) is 10.3 Å². The van der Waals surface area contributed by atoms with Gasteiger partial charge in [-0.2, -0.15) is 13.2 Å². The molecule has 0 radical (unpaired) electrons. The van der Waals surface area contributed by atoms with Crippen molar-refractivity contribution in [2.75, 3.05) is 20.3 Å². The molecule has 1 fully saturated rings. The molecule has 2 aromatic carbocycles. The van der Waals surface area contributed by atoms with Gasteiger partial charge in [0, 0.05) is 16.7 Å². The van der Waals surface area contributed by atoms with Gasteiger partial charge in [-0.15, -0.1) is 0 Å². The highest BCUT2D eigenvalue weighted by atomic mass is 19.4. The van der Waals surface area contributed by atoms with Crippen molar-refractivity contribution in [3.05, 3.63) is 71.2 Å². The summed E-state index contributed by atoms with van der Waals surface area (Å²) in [6.45, 7) is -0.00883. The summed E-state index contributed by atoms with van der Waals surface area (Å²) in [5, 5.41) is 13.9. The molecule has 0 spiro atoms. The minimum Gasteiger partial charge on any atom is -0.493 e. The Morgan fingerprint density at radius 2 is 1.88 bits per heavy atom. The van der Waals surface area contributed by atoms with E-state index in [1.807, 2.05) is 0 Å². The fraction of sp³-hybridized carbons (Fsp3) is 0.357. The van der Waals surface area contributed by atoms with E-state index in [0.717, 1.165) is 31.0 Å². The summed E-state index contributed by atoms with van der Waals surface area (Å²) in [4.78, 5) is 17.3. The monoisotopic (exact) mass is 561 g/mol. The Hall–Kier alpha value is -3.90. The summed E-state index contributed by atoms with van der Waals surface area (Å²) in [6.07, 6.45) is -2.87. The number of nitrogens with two attached hydrogens (primary N) is 1. The number of amides is 1. The molecule has 3 aromatic rings. The molecule has 2 aliphatic rings. The van der Waals surface area contributed by atoms with Crippen molar-refractivity contribution in [1.29, 1.82) is 0 Å². The number of carbonyl (C=O) groups excluding carboxylic acids is 1. The van der Waals surface area contributed by atoms with Crippen molar-refractivity contribution >= 4 is 5.91 Å². The van der Waals surface area contributed by atoms with Crippen LogP contribution in [-0.4, -0.2) is 48.5 Å². The second kappa shape index (κ2) is 9.93. The number of aliphatic hydroxyl groups is 1. The van der Waals surface area contributed by atoms with Gasteiger partial charge in [-0.25, -0.2) is 9.37 Å². The predicted octanol–water partition coefficient (Wildman–Crippen LogP) is 4.18. The van der Waals surface area contributed by atoms with E-state index >= 15 is 0 Å². The number of nitrogens with zero attached hydrogens (tertiary/aromatic N) is 1. The molecule has 1 saturated carbocycles. The van der Waals surface area contributed by atoms with Gasteiger partial charge in [0.15, 0.2) is 22.8 Å². The molecule has 5 rings (SSSR count). The van der Waals surface area contributed by atoms with Gasteiger partial charge in [0.05, 0.1) is 25.5 Å². The Bertz CT molecular complexity index is 1440. The van der Waals surface area contributed by atoms with Gasteiger partial charge in [-0.05, 0) is 68.3 Å². The van der Waals surface area contributed by atoms with Crippen LogP contribution in [0.4, 0.5) is 17.6 Å². The lowest BCUT2D eigenvalue weighted by molar-refractivity contribution is -0.191.